The Morgan fingerprint density at radius 1 is 1.40 bits per heavy atom. The summed E-state index contributed by atoms with van der Waals surface area (Å²) >= 11 is 6.41. The van der Waals surface area contributed by atoms with Crippen LogP contribution in [0.25, 0.3) is 0 Å². The van der Waals surface area contributed by atoms with Crippen molar-refractivity contribution < 1.29 is 21.6 Å². The molecule has 0 amide bonds. The molecule has 0 fully saturated rings. The summed E-state index contributed by atoms with van der Waals surface area (Å²) in [6.45, 7) is 0. The first-order valence-electron chi connectivity index (χ1n) is 4.99. The minimum absolute atomic E-state index is 0.110. The van der Waals surface area contributed by atoms with Gasteiger partial charge in [-0.3, -0.25) is 9.40 Å². The fourth-order valence-electron chi connectivity index (χ4n) is 1.41. The molecular weight excluding hydrogens is 339 g/mol. The maximum absolute atomic E-state index is 12.6. The van der Waals surface area contributed by atoms with Crippen molar-refractivity contribution in [3.8, 4) is 0 Å². The third kappa shape index (κ3) is 3.07. The van der Waals surface area contributed by atoms with E-state index in [9.17, 15) is 21.6 Å². The molecule has 20 heavy (non-hydrogen) atoms. The largest absolute Gasteiger partial charge is 0.433 e. The molecule has 0 atom stereocenters. The monoisotopic (exact) mass is 345 g/mol. The quantitative estimate of drug-likeness (QED) is 0.930. The molecule has 0 aliphatic rings. The van der Waals surface area contributed by atoms with Crippen LogP contribution in [-0.4, -0.2) is 18.2 Å². The van der Waals surface area contributed by atoms with Gasteiger partial charge in [0.05, 0.1) is 4.34 Å². The van der Waals surface area contributed by atoms with E-state index in [1.54, 1.807) is 0 Å². The van der Waals surface area contributed by atoms with Crippen LogP contribution in [0.5, 0.6) is 0 Å². The van der Waals surface area contributed by atoms with Gasteiger partial charge in [0.25, 0.3) is 10.0 Å². The Labute approximate surface area is 121 Å². The van der Waals surface area contributed by atoms with Crippen LogP contribution in [0.15, 0.2) is 22.4 Å². The summed E-state index contributed by atoms with van der Waals surface area (Å²) < 4.78 is 64.2. The number of hydrogen-bond donors (Lipinski definition) is 1. The highest BCUT2D eigenvalue weighted by Crippen LogP contribution is 2.31. The fourth-order valence-corrected chi connectivity index (χ4v) is 3.88. The third-order valence-electron chi connectivity index (χ3n) is 2.22. The zero-order valence-electron chi connectivity index (χ0n) is 9.77. The van der Waals surface area contributed by atoms with E-state index in [2.05, 4.69) is 5.10 Å². The second kappa shape index (κ2) is 4.93. The number of sulfonamides is 1. The van der Waals surface area contributed by atoms with Crippen LogP contribution in [0.4, 0.5) is 19.0 Å². The van der Waals surface area contributed by atoms with Gasteiger partial charge in [-0.2, -0.15) is 18.3 Å². The summed E-state index contributed by atoms with van der Waals surface area (Å²) in [6.07, 6.45) is -4.61. The molecule has 5 nitrogen and oxygen atoms in total. The molecule has 2 rings (SSSR count). The van der Waals surface area contributed by atoms with E-state index < -0.39 is 27.7 Å². The maximum atomic E-state index is 12.6. The lowest BCUT2D eigenvalue weighted by Crippen LogP contribution is -2.12. The molecule has 0 saturated carbocycles. The highest BCUT2D eigenvalue weighted by atomic mass is 35.5. The summed E-state index contributed by atoms with van der Waals surface area (Å²) in [7, 11) is -2.93. The fraction of sp³-hybridized carbons (Fsp3) is 0.222. The average molecular weight is 346 g/mol. The standard InChI is InChI=1S/C9H7ClF3N3O2S2/c1-16-5(9(11,12)13)4-7(14-16)15-20(17,18)8-3-2-6(10)19-8/h2-4H,1H3,(H,14,15). The first-order valence-corrected chi connectivity index (χ1v) is 7.67. The normalized spacial score (nSPS) is 12.7. The molecule has 0 saturated heterocycles. The number of alkyl halides is 3. The number of hydrogen-bond acceptors (Lipinski definition) is 4. The number of rotatable bonds is 3. The van der Waals surface area contributed by atoms with E-state index in [0.29, 0.717) is 10.7 Å². The summed E-state index contributed by atoms with van der Waals surface area (Å²) in [5.41, 5.74) is -1.06. The van der Waals surface area contributed by atoms with E-state index >= 15 is 0 Å². The van der Waals surface area contributed by atoms with Crippen molar-refractivity contribution in [3.05, 3.63) is 28.2 Å². The predicted molar refractivity (Wildman–Crippen MR) is 68.3 cm³/mol. The SMILES string of the molecule is Cn1nc(NS(=O)(=O)c2ccc(Cl)s2)cc1C(F)(F)F. The number of halogens is 4. The average Bonchev–Trinajstić information content (AvgIpc) is 2.84. The van der Waals surface area contributed by atoms with Gasteiger partial charge in [-0.05, 0) is 12.1 Å². The van der Waals surface area contributed by atoms with E-state index in [0.717, 1.165) is 18.4 Å². The minimum atomic E-state index is -4.61. The summed E-state index contributed by atoms with van der Waals surface area (Å²) in [5.74, 6) is -0.413. The molecule has 2 aromatic heterocycles. The van der Waals surface area contributed by atoms with Gasteiger partial charge in [0.2, 0.25) is 0 Å². The Morgan fingerprint density at radius 2 is 2.05 bits per heavy atom. The molecule has 2 aromatic rings. The first kappa shape index (κ1) is 15.1. The molecule has 0 radical (unpaired) electrons. The molecule has 0 aliphatic carbocycles. The summed E-state index contributed by atoms with van der Waals surface area (Å²) in [6, 6.07) is 3.25. The Bertz CT molecular complexity index is 736. The number of thiophene rings is 1. The number of anilines is 1. The smallest absolute Gasteiger partial charge is 0.261 e. The third-order valence-corrected chi connectivity index (χ3v) is 5.30. The molecule has 110 valence electrons. The lowest BCUT2D eigenvalue weighted by Gasteiger charge is -2.04. The van der Waals surface area contributed by atoms with Crippen LogP contribution in [0.2, 0.25) is 4.34 Å². The summed E-state index contributed by atoms with van der Waals surface area (Å²) in [5, 5.41) is 3.47. The number of aryl methyl sites for hydroxylation is 1. The Morgan fingerprint density at radius 3 is 2.50 bits per heavy atom. The van der Waals surface area contributed by atoms with Crippen LogP contribution in [0.3, 0.4) is 0 Å². The second-order valence-electron chi connectivity index (χ2n) is 3.70. The zero-order valence-corrected chi connectivity index (χ0v) is 12.2. The topological polar surface area (TPSA) is 64.0 Å². The lowest BCUT2D eigenvalue weighted by atomic mass is 10.4. The molecule has 0 aromatic carbocycles. The molecule has 0 unspecified atom stereocenters. The second-order valence-corrected chi connectivity index (χ2v) is 7.32. The van der Waals surface area contributed by atoms with Gasteiger partial charge < -0.3 is 0 Å². The number of aromatic nitrogens is 2. The van der Waals surface area contributed by atoms with Crippen molar-refractivity contribution in [1.29, 1.82) is 0 Å². The van der Waals surface area contributed by atoms with Crippen molar-refractivity contribution in [1.82, 2.24) is 9.78 Å². The Hall–Kier alpha value is -1.26. The van der Waals surface area contributed by atoms with Gasteiger partial charge in [-0.1, -0.05) is 11.6 Å². The zero-order chi connectivity index (χ0) is 15.1. The van der Waals surface area contributed by atoms with E-state index in [1.165, 1.54) is 12.1 Å². The lowest BCUT2D eigenvalue weighted by molar-refractivity contribution is -0.143. The van der Waals surface area contributed by atoms with Gasteiger partial charge in [0.15, 0.2) is 5.82 Å². The highest BCUT2D eigenvalue weighted by molar-refractivity contribution is 7.94. The van der Waals surface area contributed by atoms with Crippen LogP contribution in [-0.2, 0) is 23.2 Å². The van der Waals surface area contributed by atoms with Gasteiger partial charge >= 0.3 is 6.18 Å². The van der Waals surface area contributed by atoms with Gasteiger partial charge in [-0.25, -0.2) is 8.42 Å². The van der Waals surface area contributed by atoms with Crippen molar-refractivity contribution in [2.45, 2.75) is 10.4 Å². The van der Waals surface area contributed by atoms with Gasteiger partial charge in [0.1, 0.15) is 9.90 Å². The minimum Gasteiger partial charge on any atom is -0.261 e. The molecule has 0 bridgehead atoms. The number of nitrogens with zero attached hydrogens (tertiary/aromatic N) is 2. The van der Waals surface area contributed by atoms with Crippen molar-refractivity contribution >= 4 is 38.8 Å². The van der Waals surface area contributed by atoms with Crippen molar-refractivity contribution in [2.75, 3.05) is 4.72 Å². The Balaban J connectivity index is 2.31. The molecular formula is C9H7ClF3N3O2S2. The van der Waals surface area contributed by atoms with Crippen LogP contribution >= 0.6 is 22.9 Å². The van der Waals surface area contributed by atoms with Crippen LogP contribution < -0.4 is 4.72 Å². The van der Waals surface area contributed by atoms with Crippen LogP contribution in [0.1, 0.15) is 5.69 Å². The van der Waals surface area contributed by atoms with E-state index in [4.69, 9.17) is 11.6 Å². The molecule has 11 heteroatoms. The van der Waals surface area contributed by atoms with Crippen molar-refractivity contribution in [3.63, 3.8) is 0 Å². The first-order chi connectivity index (χ1) is 9.09. The van der Waals surface area contributed by atoms with E-state index in [-0.39, 0.29) is 8.55 Å². The van der Waals surface area contributed by atoms with Gasteiger partial charge in [0, 0.05) is 13.1 Å². The van der Waals surface area contributed by atoms with Crippen LogP contribution in [0, 0.1) is 0 Å². The molecule has 1 N–H and O–H groups in total. The van der Waals surface area contributed by atoms with Crippen molar-refractivity contribution in [2.24, 2.45) is 7.05 Å². The molecule has 0 spiro atoms. The highest BCUT2D eigenvalue weighted by Gasteiger charge is 2.35. The predicted octanol–water partition coefficient (Wildman–Crippen LogP) is 2.95. The number of nitrogens with one attached hydrogen (secondary N) is 1. The molecule has 0 aliphatic heterocycles. The summed E-state index contributed by atoms with van der Waals surface area (Å²) in [4.78, 5) is 0. The molecule has 2 heterocycles. The van der Waals surface area contributed by atoms with Gasteiger partial charge in [-0.15, -0.1) is 11.3 Å². The van der Waals surface area contributed by atoms with E-state index in [1.807, 2.05) is 4.72 Å². The Kier molecular flexibility index (Phi) is 3.73. The maximum Gasteiger partial charge on any atom is 0.433 e.